The minimum Gasteiger partial charge on any atom is -0.462 e. The molecule has 0 aromatic carbocycles. The molecule has 6 nitrogen and oxygen atoms in total. The van der Waals surface area contributed by atoms with Crippen LogP contribution in [0.4, 0.5) is 0 Å². The Kier molecular flexibility index (Phi) is 62.6. The van der Waals surface area contributed by atoms with Crippen molar-refractivity contribution in [3.05, 3.63) is 48.6 Å². The predicted molar refractivity (Wildman–Crippen MR) is 330 cm³/mol. The van der Waals surface area contributed by atoms with Crippen LogP contribution in [0.2, 0.25) is 0 Å². The third-order valence-corrected chi connectivity index (χ3v) is 15.1. The van der Waals surface area contributed by atoms with Crippen LogP contribution in [0.25, 0.3) is 0 Å². The molecule has 0 saturated heterocycles. The van der Waals surface area contributed by atoms with Gasteiger partial charge in [0.05, 0.1) is 0 Å². The van der Waals surface area contributed by atoms with Crippen LogP contribution in [0.5, 0.6) is 0 Å². The van der Waals surface area contributed by atoms with Gasteiger partial charge < -0.3 is 14.2 Å². The minimum absolute atomic E-state index is 0.0745. The highest BCUT2D eigenvalue weighted by atomic mass is 16.6. The Morgan fingerprint density at radius 3 is 0.803 bits per heavy atom. The maximum Gasteiger partial charge on any atom is 0.306 e. The molecule has 0 heterocycles. The van der Waals surface area contributed by atoms with E-state index in [4.69, 9.17) is 14.2 Å². The van der Waals surface area contributed by atoms with Gasteiger partial charge in [-0.1, -0.05) is 333 Å². The van der Waals surface area contributed by atoms with Gasteiger partial charge in [-0.25, -0.2) is 0 Å². The average molecular weight is 1070 g/mol. The summed E-state index contributed by atoms with van der Waals surface area (Å²) in [7, 11) is 0. The van der Waals surface area contributed by atoms with E-state index in [2.05, 4.69) is 69.4 Å². The summed E-state index contributed by atoms with van der Waals surface area (Å²) in [4.78, 5) is 38.2. The van der Waals surface area contributed by atoms with E-state index in [0.29, 0.717) is 19.3 Å². The normalized spacial score (nSPS) is 12.3. The molecule has 0 spiro atoms. The number of hydrogen-bond donors (Lipinski definition) is 0. The summed E-state index contributed by atoms with van der Waals surface area (Å²) in [6, 6.07) is 0. The average Bonchev–Trinajstić information content (AvgIpc) is 3.42. The molecule has 1 atom stereocenters. The predicted octanol–water partition coefficient (Wildman–Crippen LogP) is 22.9. The van der Waals surface area contributed by atoms with Gasteiger partial charge in [-0.05, 0) is 57.8 Å². The number of rotatable bonds is 62. The summed E-state index contributed by atoms with van der Waals surface area (Å²) < 4.78 is 16.9. The Hall–Kier alpha value is -2.63. The molecule has 0 saturated carbocycles. The molecule has 0 amide bonds. The molecule has 1 unspecified atom stereocenters. The maximum absolute atomic E-state index is 12.9. The summed E-state index contributed by atoms with van der Waals surface area (Å²) >= 11 is 0. The molecule has 0 aliphatic heterocycles. The van der Waals surface area contributed by atoms with E-state index in [1.165, 1.54) is 225 Å². The van der Waals surface area contributed by atoms with Crippen LogP contribution in [-0.2, 0) is 28.6 Å². The first-order chi connectivity index (χ1) is 37.5. The topological polar surface area (TPSA) is 78.9 Å². The minimum atomic E-state index is -0.778. The number of unbranched alkanes of at least 4 members (excludes halogenated alkanes) is 43. The highest BCUT2D eigenvalue weighted by molar-refractivity contribution is 5.71. The molecule has 0 aromatic heterocycles. The van der Waals surface area contributed by atoms with Gasteiger partial charge in [0, 0.05) is 19.3 Å². The third-order valence-electron chi connectivity index (χ3n) is 15.1. The zero-order valence-corrected chi connectivity index (χ0v) is 51.0. The molecule has 0 aliphatic rings. The van der Waals surface area contributed by atoms with Crippen molar-refractivity contribution >= 4 is 17.9 Å². The number of carbonyl (C=O) groups is 3. The van der Waals surface area contributed by atoms with E-state index in [9.17, 15) is 14.4 Å². The number of allylic oxidation sites excluding steroid dienone is 8. The van der Waals surface area contributed by atoms with E-state index in [0.717, 1.165) is 96.3 Å². The van der Waals surface area contributed by atoms with Crippen LogP contribution >= 0.6 is 0 Å². The van der Waals surface area contributed by atoms with Crippen molar-refractivity contribution in [1.29, 1.82) is 0 Å². The Morgan fingerprint density at radius 1 is 0.276 bits per heavy atom. The van der Waals surface area contributed by atoms with Crippen molar-refractivity contribution in [2.45, 2.75) is 367 Å². The zero-order chi connectivity index (χ0) is 55.0. The standard InChI is InChI=1S/C70H128O6/c1-4-7-10-13-16-19-22-24-26-28-30-31-32-33-34-35-36-37-38-39-41-42-44-46-48-51-54-57-60-63-69(72)75-66-67(65-74-68(71)62-59-56-53-50-21-18-15-12-9-6-3)76-70(73)64-61-58-55-52-49-47-45-43-40-29-27-25-23-20-17-14-11-8-5-2/h8,11,17,20,25,27,40,43,67H,4-7,9-10,12-16,18-19,21-24,26,28-39,41-42,44-66H2,1-3H3/b11-8-,20-17-,27-25-,43-40-. The van der Waals surface area contributed by atoms with Crippen LogP contribution in [0.15, 0.2) is 48.6 Å². The van der Waals surface area contributed by atoms with Crippen LogP contribution in [0.1, 0.15) is 361 Å². The molecule has 0 rings (SSSR count). The molecule has 76 heavy (non-hydrogen) atoms. The number of ether oxygens (including phenoxy) is 3. The molecule has 0 bridgehead atoms. The van der Waals surface area contributed by atoms with Crippen molar-refractivity contribution in [3.8, 4) is 0 Å². The van der Waals surface area contributed by atoms with Crippen LogP contribution in [0.3, 0.4) is 0 Å². The smallest absolute Gasteiger partial charge is 0.306 e. The molecule has 0 aromatic rings. The van der Waals surface area contributed by atoms with E-state index < -0.39 is 6.10 Å². The lowest BCUT2D eigenvalue weighted by Crippen LogP contribution is -2.30. The molecule has 6 heteroatoms. The van der Waals surface area contributed by atoms with Gasteiger partial charge in [-0.15, -0.1) is 0 Å². The van der Waals surface area contributed by atoms with Gasteiger partial charge in [-0.3, -0.25) is 14.4 Å². The third kappa shape index (κ3) is 62.2. The monoisotopic (exact) mass is 1060 g/mol. The van der Waals surface area contributed by atoms with Crippen LogP contribution in [0, 0.1) is 0 Å². The van der Waals surface area contributed by atoms with Crippen molar-refractivity contribution in [1.82, 2.24) is 0 Å². The Morgan fingerprint density at radius 2 is 0.513 bits per heavy atom. The van der Waals surface area contributed by atoms with E-state index in [1.54, 1.807) is 0 Å². The Bertz CT molecular complexity index is 1310. The first-order valence-corrected chi connectivity index (χ1v) is 33.6. The van der Waals surface area contributed by atoms with Gasteiger partial charge in [0.2, 0.25) is 0 Å². The van der Waals surface area contributed by atoms with E-state index >= 15 is 0 Å². The first-order valence-electron chi connectivity index (χ1n) is 33.6. The fourth-order valence-electron chi connectivity index (χ4n) is 10.1. The number of esters is 3. The summed E-state index contributed by atoms with van der Waals surface area (Å²) in [5.74, 6) is -0.869. The van der Waals surface area contributed by atoms with Crippen LogP contribution < -0.4 is 0 Å². The SMILES string of the molecule is CC/C=C\C/C=C\C/C=C\C/C=C\CCCCCCCCC(=O)OC(COC(=O)CCCCCCCCCCCC)COC(=O)CCCCCCCCCCCCCCCCCCCCCCCCCCCCCCC. The van der Waals surface area contributed by atoms with Gasteiger partial charge >= 0.3 is 17.9 Å². The highest BCUT2D eigenvalue weighted by Gasteiger charge is 2.19. The van der Waals surface area contributed by atoms with E-state index in [-0.39, 0.29) is 31.1 Å². The van der Waals surface area contributed by atoms with Crippen molar-refractivity contribution in [2.75, 3.05) is 13.2 Å². The maximum atomic E-state index is 12.9. The number of carbonyl (C=O) groups excluding carboxylic acids is 3. The largest absolute Gasteiger partial charge is 0.462 e. The molecule has 444 valence electrons. The molecule has 0 fully saturated rings. The Balaban J connectivity index is 4.13. The van der Waals surface area contributed by atoms with Gasteiger partial charge in [0.25, 0.3) is 0 Å². The fourth-order valence-corrected chi connectivity index (χ4v) is 10.1. The Labute approximate surface area is 473 Å². The first kappa shape index (κ1) is 73.4. The molecular weight excluding hydrogens is 937 g/mol. The number of hydrogen-bond acceptors (Lipinski definition) is 6. The quantitative estimate of drug-likeness (QED) is 0.0261. The summed E-state index contributed by atoms with van der Waals surface area (Å²) in [6.45, 7) is 6.56. The highest BCUT2D eigenvalue weighted by Crippen LogP contribution is 2.18. The van der Waals surface area contributed by atoms with Crippen molar-refractivity contribution in [3.63, 3.8) is 0 Å². The molecule has 0 radical (unpaired) electrons. The molecule has 0 aliphatic carbocycles. The summed E-state index contributed by atoms with van der Waals surface area (Å²) in [5.41, 5.74) is 0. The van der Waals surface area contributed by atoms with Crippen molar-refractivity contribution in [2.24, 2.45) is 0 Å². The lowest BCUT2D eigenvalue weighted by atomic mass is 10.0. The van der Waals surface area contributed by atoms with Gasteiger partial charge in [-0.2, -0.15) is 0 Å². The van der Waals surface area contributed by atoms with Gasteiger partial charge in [0.15, 0.2) is 6.10 Å². The second-order valence-corrected chi connectivity index (χ2v) is 22.7. The summed E-state index contributed by atoms with van der Waals surface area (Å²) in [5, 5.41) is 0. The molecular formula is C70H128O6. The van der Waals surface area contributed by atoms with Crippen molar-refractivity contribution < 1.29 is 28.6 Å². The lowest BCUT2D eigenvalue weighted by molar-refractivity contribution is -0.167. The lowest BCUT2D eigenvalue weighted by Gasteiger charge is -2.18. The fraction of sp³-hybridized carbons (Fsp3) is 0.843. The summed E-state index contributed by atoms with van der Waals surface area (Å²) in [6.07, 6.45) is 81.5. The van der Waals surface area contributed by atoms with E-state index in [1.807, 2.05) is 0 Å². The zero-order valence-electron chi connectivity index (χ0n) is 51.0. The molecule has 0 N–H and O–H groups in total. The second-order valence-electron chi connectivity index (χ2n) is 22.7. The second kappa shape index (κ2) is 64.9. The van der Waals surface area contributed by atoms with Crippen LogP contribution in [-0.4, -0.2) is 37.2 Å². The van der Waals surface area contributed by atoms with Gasteiger partial charge in [0.1, 0.15) is 13.2 Å².